The number of hydrogen-bond donors (Lipinski definition) is 1. The number of nitrogens with zero attached hydrogens (tertiary/aromatic N) is 2. The predicted octanol–water partition coefficient (Wildman–Crippen LogP) is 2.73. The Hall–Kier alpha value is -3.06. The topological polar surface area (TPSA) is 80.2 Å². The molecule has 2 aromatic carbocycles. The van der Waals surface area contributed by atoms with Gasteiger partial charge in [0.25, 0.3) is 11.8 Å². The molecule has 0 spiro atoms. The lowest BCUT2D eigenvalue weighted by Crippen LogP contribution is -2.27. The molecule has 0 heterocycles. The Kier molecular flexibility index (Phi) is 7.83. The smallest absolute Gasteiger partial charge is 0.277 e. The Morgan fingerprint density at radius 3 is 2.07 bits per heavy atom. The first-order valence-corrected chi connectivity index (χ1v) is 8.88. The van der Waals surface area contributed by atoms with E-state index >= 15 is 0 Å². The lowest BCUT2D eigenvalue weighted by molar-refractivity contribution is -0.130. The zero-order valence-electron chi connectivity index (χ0n) is 15.9. The van der Waals surface area contributed by atoms with Crippen LogP contribution in [0.25, 0.3) is 0 Å². The molecule has 0 atom stereocenters. The highest BCUT2D eigenvalue weighted by atomic mass is 35.5. The molecule has 0 unspecified atom stereocenters. The van der Waals surface area contributed by atoms with Crippen molar-refractivity contribution in [1.82, 2.24) is 10.3 Å². The van der Waals surface area contributed by atoms with Gasteiger partial charge in [-0.15, -0.1) is 0 Å². The van der Waals surface area contributed by atoms with E-state index in [4.69, 9.17) is 21.1 Å². The normalized spacial score (nSPS) is 10.9. The summed E-state index contributed by atoms with van der Waals surface area (Å²) in [7, 11) is 3.34. The van der Waals surface area contributed by atoms with Crippen LogP contribution < -0.4 is 14.9 Å². The molecule has 8 heteroatoms. The van der Waals surface area contributed by atoms with Gasteiger partial charge in [0.2, 0.25) is 0 Å². The third kappa shape index (κ3) is 6.92. The third-order valence-corrected chi connectivity index (χ3v) is 3.92. The molecular formula is C20H22ClN3O4. The molecule has 1 N–H and O–H groups in total. The summed E-state index contributed by atoms with van der Waals surface area (Å²) in [6.45, 7) is 1.58. The maximum Gasteiger partial charge on any atom is 0.277 e. The first-order chi connectivity index (χ1) is 13.3. The number of nitrogens with one attached hydrogen (secondary N) is 1. The van der Waals surface area contributed by atoms with Gasteiger partial charge in [0.15, 0.2) is 13.2 Å². The van der Waals surface area contributed by atoms with E-state index in [0.29, 0.717) is 22.2 Å². The van der Waals surface area contributed by atoms with Gasteiger partial charge >= 0.3 is 0 Å². The molecule has 7 nitrogen and oxygen atoms in total. The standard InChI is InChI=1S/C20H22ClN3O4/c1-14(15-4-8-17(9-5-15)28-13-20(26)24(2)3)22-23-19(25)12-27-18-10-6-16(21)7-11-18/h4-11H,12-13H2,1-3H3,(H,23,25)/b22-14+. The maximum atomic E-state index is 11.9. The van der Waals surface area contributed by atoms with Crippen LogP contribution in [0, 0.1) is 0 Å². The molecule has 0 saturated carbocycles. The van der Waals surface area contributed by atoms with Gasteiger partial charge in [-0.2, -0.15) is 5.10 Å². The second-order valence-electron chi connectivity index (χ2n) is 6.08. The number of benzene rings is 2. The fourth-order valence-corrected chi connectivity index (χ4v) is 2.12. The summed E-state index contributed by atoms with van der Waals surface area (Å²) in [5.74, 6) is 0.623. The molecule has 0 radical (unpaired) electrons. The van der Waals surface area contributed by atoms with Crippen LogP contribution in [0.4, 0.5) is 0 Å². The Balaban J connectivity index is 1.82. The summed E-state index contributed by atoms with van der Waals surface area (Å²) in [6.07, 6.45) is 0. The summed E-state index contributed by atoms with van der Waals surface area (Å²) < 4.78 is 10.8. The summed E-state index contributed by atoms with van der Waals surface area (Å²) in [5, 5.41) is 4.66. The number of hydrazone groups is 1. The Labute approximate surface area is 168 Å². The van der Waals surface area contributed by atoms with Crippen LogP contribution in [0.1, 0.15) is 12.5 Å². The largest absolute Gasteiger partial charge is 0.484 e. The van der Waals surface area contributed by atoms with E-state index < -0.39 is 0 Å². The first-order valence-electron chi connectivity index (χ1n) is 8.50. The molecular weight excluding hydrogens is 382 g/mol. The minimum Gasteiger partial charge on any atom is -0.484 e. The van der Waals surface area contributed by atoms with E-state index in [2.05, 4.69) is 10.5 Å². The molecule has 0 bridgehead atoms. The zero-order chi connectivity index (χ0) is 20.5. The highest BCUT2D eigenvalue weighted by Crippen LogP contribution is 2.15. The summed E-state index contributed by atoms with van der Waals surface area (Å²) in [5.41, 5.74) is 3.88. The summed E-state index contributed by atoms with van der Waals surface area (Å²) >= 11 is 5.79. The molecule has 2 rings (SSSR count). The number of rotatable bonds is 8. The lowest BCUT2D eigenvalue weighted by atomic mass is 10.1. The van der Waals surface area contributed by atoms with Crippen LogP contribution in [0.3, 0.4) is 0 Å². The van der Waals surface area contributed by atoms with Crippen molar-refractivity contribution in [2.24, 2.45) is 5.10 Å². The first kappa shape index (κ1) is 21.2. The van der Waals surface area contributed by atoms with Crippen molar-refractivity contribution in [2.45, 2.75) is 6.92 Å². The molecule has 2 amide bonds. The number of hydrogen-bond acceptors (Lipinski definition) is 5. The predicted molar refractivity (Wildman–Crippen MR) is 108 cm³/mol. The number of amides is 2. The number of likely N-dealkylation sites (N-methyl/N-ethyl adjacent to an activating group) is 1. The number of carbonyl (C=O) groups is 2. The van der Waals surface area contributed by atoms with Crippen LogP contribution in [0.15, 0.2) is 53.6 Å². The highest BCUT2D eigenvalue weighted by Gasteiger charge is 2.06. The van der Waals surface area contributed by atoms with Gasteiger partial charge in [0, 0.05) is 19.1 Å². The van der Waals surface area contributed by atoms with Crippen molar-refractivity contribution < 1.29 is 19.1 Å². The quantitative estimate of drug-likeness (QED) is 0.543. The average Bonchev–Trinajstić information content (AvgIpc) is 2.70. The summed E-state index contributed by atoms with van der Waals surface area (Å²) in [4.78, 5) is 24.8. The average molecular weight is 404 g/mol. The molecule has 2 aromatic rings. The maximum absolute atomic E-state index is 11.9. The van der Waals surface area contributed by atoms with Crippen molar-refractivity contribution in [2.75, 3.05) is 27.3 Å². The molecule has 0 aliphatic carbocycles. The van der Waals surface area contributed by atoms with Crippen LogP contribution in [-0.2, 0) is 9.59 Å². The Bertz CT molecular complexity index is 834. The SMILES string of the molecule is C/C(=N\NC(=O)COc1ccc(Cl)cc1)c1ccc(OCC(=O)N(C)C)cc1. The van der Waals surface area contributed by atoms with E-state index in [9.17, 15) is 9.59 Å². The zero-order valence-corrected chi connectivity index (χ0v) is 16.7. The van der Waals surface area contributed by atoms with E-state index in [1.165, 1.54) is 4.90 Å². The van der Waals surface area contributed by atoms with Gasteiger partial charge in [-0.1, -0.05) is 11.6 Å². The van der Waals surface area contributed by atoms with Crippen molar-refractivity contribution in [1.29, 1.82) is 0 Å². The fourth-order valence-electron chi connectivity index (χ4n) is 1.99. The molecule has 0 fully saturated rings. The van der Waals surface area contributed by atoms with E-state index in [0.717, 1.165) is 5.56 Å². The minimum absolute atomic E-state index is 0.0247. The minimum atomic E-state index is -0.378. The van der Waals surface area contributed by atoms with Crippen LogP contribution in [0.2, 0.25) is 5.02 Å². The van der Waals surface area contributed by atoms with E-state index in [-0.39, 0.29) is 25.0 Å². The van der Waals surface area contributed by atoms with Crippen LogP contribution in [0.5, 0.6) is 11.5 Å². The highest BCUT2D eigenvalue weighted by molar-refractivity contribution is 6.30. The van der Waals surface area contributed by atoms with Gasteiger partial charge in [0.05, 0.1) is 5.71 Å². The molecule has 28 heavy (non-hydrogen) atoms. The van der Waals surface area contributed by atoms with Gasteiger partial charge < -0.3 is 14.4 Å². The lowest BCUT2D eigenvalue weighted by Gasteiger charge is -2.11. The van der Waals surface area contributed by atoms with Crippen LogP contribution >= 0.6 is 11.6 Å². The monoisotopic (exact) mass is 403 g/mol. The van der Waals surface area contributed by atoms with Crippen molar-refractivity contribution in [3.05, 3.63) is 59.1 Å². The molecule has 148 valence electrons. The van der Waals surface area contributed by atoms with Crippen molar-refractivity contribution >= 4 is 29.1 Å². The van der Waals surface area contributed by atoms with Crippen LogP contribution in [-0.4, -0.2) is 49.7 Å². The fraction of sp³-hybridized carbons (Fsp3) is 0.250. The number of carbonyl (C=O) groups excluding carboxylic acids is 2. The van der Waals surface area contributed by atoms with E-state index in [1.54, 1.807) is 69.6 Å². The Morgan fingerprint density at radius 1 is 0.964 bits per heavy atom. The van der Waals surface area contributed by atoms with Crippen molar-refractivity contribution in [3.63, 3.8) is 0 Å². The third-order valence-electron chi connectivity index (χ3n) is 3.67. The van der Waals surface area contributed by atoms with Gasteiger partial charge in [-0.25, -0.2) is 5.43 Å². The van der Waals surface area contributed by atoms with Gasteiger partial charge in [0.1, 0.15) is 11.5 Å². The summed E-state index contributed by atoms with van der Waals surface area (Å²) in [6, 6.07) is 13.8. The molecule has 0 aliphatic heterocycles. The van der Waals surface area contributed by atoms with Gasteiger partial charge in [-0.3, -0.25) is 9.59 Å². The molecule has 0 aliphatic rings. The van der Waals surface area contributed by atoms with Crippen molar-refractivity contribution in [3.8, 4) is 11.5 Å². The number of ether oxygens (including phenoxy) is 2. The second kappa shape index (κ2) is 10.3. The Morgan fingerprint density at radius 2 is 1.50 bits per heavy atom. The van der Waals surface area contributed by atoms with E-state index in [1.807, 2.05) is 0 Å². The second-order valence-corrected chi connectivity index (χ2v) is 6.51. The molecule has 0 aromatic heterocycles. The van der Waals surface area contributed by atoms with Gasteiger partial charge in [-0.05, 0) is 61.0 Å². The number of halogens is 1. The molecule has 0 saturated heterocycles.